The lowest BCUT2D eigenvalue weighted by atomic mass is 10.1. The van der Waals surface area contributed by atoms with Crippen LogP contribution >= 0.6 is 7.82 Å². The van der Waals surface area contributed by atoms with Crippen LogP contribution in [0.25, 0.3) is 0 Å². The number of nitrogens with zero attached hydrogens (tertiary/aromatic N) is 1. The molecule has 282 valence electrons. The monoisotopic (exact) mass is 700 g/mol. The molecule has 0 aromatic carbocycles. The van der Waals surface area contributed by atoms with Gasteiger partial charge in [-0.2, -0.15) is 0 Å². The van der Waals surface area contributed by atoms with E-state index in [4.69, 9.17) is 18.5 Å². The van der Waals surface area contributed by atoms with Crippen molar-refractivity contribution in [3.8, 4) is 0 Å². The van der Waals surface area contributed by atoms with Crippen LogP contribution in [-0.2, 0) is 27.9 Å². The Hall–Kier alpha value is -1.28. The highest BCUT2D eigenvalue weighted by Crippen LogP contribution is 2.38. The summed E-state index contributed by atoms with van der Waals surface area (Å²) in [6, 6.07) is 0. The molecule has 0 N–H and O–H groups in total. The molecular weight excluding hydrogens is 625 g/mol. The van der Waals surface area contributed by atoms with Crippen LogP contribution in [0.15, 0.2) is 36.5 Å². The Morgan fingerprint density at radius 1 is 0.667 bits per heavy atom. The van der Waals surface area contributed by atoms with Gasteiger partial charge in [-0.05, 0) is 44.9 Å². The molecular formula is C39H74NO7P. The third-order valence-corrected chi connectivity index (χ3v) is 8.92. The largest absolute Gasteiger partial charge is 0.756 e. The molecule has 0 saturated heterocycles. The number of allylic oxidation sites excluding steroid dienone is 6. The van der Waals surface area contributed by atoms with Gasteiger partial charge in [-0.15, -0.1) is 0 Å². The van der Waals surface area contributed by atoms with Gasteiger partial charge in [0.1, 0.15) is 19.3 Å². The summed E-state index contributed by atoms with van der Waals surface area (Å²) < 4.78 is 34.4. The van der Waals surface area contributed by atoms with E-state index in [1.807, 2.05) is 21.1 Å². The molecule has 48 heavy (non-hydrogen) atoms. The molecule has 0 aromatic rings. The molecule has 0 amide bonds. The van der Waals surface area contributed by atoms with Crippen LogP contribution in [0.1, 0.15) is 149 Å². The average Bonchev–Trinajstić information content (AvgIpc) is 3.03. The highest BCUT2D eigenvalue weighted by molar-refractivity contribution is 7.45. The van der Waals surface area contributed by atoms with E-state index in [1.54, 1.807) is 0 Å². The van der Waals surface area contributed by atoms with Gasteiger partial charge in [0.15, 0.2) is 0 Å². The fraction of sp³-hybridized carbons (Fsp3) is 0.821. The first kappa shape index (κ1) is 46.7. The second kappa shape index (κ2) is 32.9. The van der Waals surface area contributed by atoms with Gasteiger partial charge in [0, 0.05) is 13.0 Å². The molecule has 0 bridgehead atoms. The number of phosphoric acid groups is 1. The van der Waals surface area contributed by atoms with Crippen molar-refractivity contribution in [3.63, 3.8) is 0 Å². The molecule has 0 spiro atoms. The van der Waals surface area contributed by atoms with Crippen LogP contribution in [0.2, 0.25) is 0 Å². The number of rotatable bonds is 35. The predicted octanol–water partition coefficient (Wildman–Crippen LogP) is 10.0. The van der Waals surface area contributed by atoms with E-state index in [1.165, 1.54) is 57.8 Å². The smallest absolute Gasteiger partial charge is 0.306 e. The van der Waals surface area contributed by atoms with Gasteiger partial charge >= 0.3 is 5.97 Å². The second-order valence-electron chi connectivity index (χ2n) is 13.9. The normalized spacial score (nSPS) is 14.4. The predicted molar refractivity (Wildman–Crippen MR) is 199 cm³/mol. The fourth-order valence-electron chi connectivity index (χ4n) is 4.97. The zero-order valence-corrected chi connectivity index (χ0v) is 32.6. The number of phosphoric ester groups is 1. The minimum atomic E-state index is -4.52. The van der Waals surface area contributed by atoms with Crippen molar-refractivity contribution >= 4 is 13.8 Å². The molecule has 0 aliphatic carbocycles. The van der Waals surface area contributed by atoms with Crippen LogP contribution in [0.5, 0.6) is 0 Å². The summed E-state index contributed by atoms with van der Waals surface area (Å²) >= 11 is 0. The highest BCUT2D eigenvalue weighted by Gasteiger charge is 2.20. The second-order valence-corrected chi connectivity index (χ2v) is 15.3. The Labute approximate surface area is 295 Å². The highest BCUT2D eigenvalue weighted by atomic mass is 31.2. The summed E-state index contributed by atoms with van der Waals surface area (Å²) in [4.78, 5) is 24.9. The van der Waals surface area contributed by atoms with Crippen LogP contribution in [0.4, 0.5) is 0 Å². The summed E-state index contributed by atoms with van der Waals surface area (Å²) in [5.41, 5.74) is 0. The van der Waals surface area contributed by atoms with E-state index in [2.05, 4.69) is 50.3 Å². The molecule has 0 aliphatic rings. The standard InChI is InChI=1S/C39H74NO7P/c1-6-8-10-12-14-16-18-19-20-21-22-24-26-28-30-32-39(41)47-38(37-46-48(42,43)45-35-33-40(3,4)5)36-44-34-31-29-27-25-23-17-15-13-11-9-7-2/h8,10,14,16,19-20,38H,6-7,9,11-13,15,17-18,21-37H2,1-5H3/b10-8-,16-14-,20-19-. The molecule has 2 unspecified atom stereocenters. The molecule has 0 aromatic heterocycles. The summed E-state index contributed by atoms with van der Waals surface area (Å²) in [7, 11) is 1.34. The molecule has 0 saturated carbocycles. The van der Waals surface area contributed by atoms with Crippen molar-refractivity contribution in [2.75, 3.05) is 54.1 Å². The van der Waals surface area contributed by atoms with Gasteiger partial charge in [-0.3, -0.25) is 9.36 Å². The van der Waals surface area contributed by atoms with Gasteiger partial charge in [0.25, 0.3) is 7.82 Å². The van der Waals surface area contributed by atoms with E-state index in [0.29, 0.717) is 24.1 Å². The lowest BCUT2D eigenvalue weighted by Crippen LogP contribution is -2.37. The van der Waals surface area contributed by atoms with Gasteiger partial charge in [0.05, 0.1) is 34.4 Å². The van der Waals surface area contributed by atoms with Crippen LogP contribution < -0.4 is 4.89 Å². The lowest BCUT2D eigenvalue weighted by Gasteiger charge is -2.28. The number of esters is 1. The quantitative estimate of drug-likeness (QED) is 0.0214. The number of carbonyl (C=O) groups excluding carboxylic acids is 1. The van der Waals surface area contributed by atoms with Crippen molar-refractivity contribution in [2.24, 2.45) is 0 Å². The number of carbonyl (C=O) groups is 1. The Kier molecular flexibility index (Phi) is 32.0. The van der Waals surface area contributed by atoms with E-state index in [0.717, 1.165) is 70.6 Å². The first-order chi connectivity index (χ1) is 23.1. The third kappa shape index (κ3) is 36.0. The Bertz CT molecular complexity index is 869. The molecule has 0 fully saturated rings. The average molecular weight is 700 g/mol. The van der Waals surface area contributed by atoms with Crippen LogP contribution in [-0.4, -0.2) is 70.7 Å². The number of quaternary nitrogens is 1. The van der Waals surface area contributed by atoms with Gasteiger partial charge < -0.3 is 27.9 Å². The van der Waals surface area contributed by atoms with Crippen LogP contribution in [0.3, 0.4) is 0 Å². The fourth-order valence-corrected chi connectivity index (χ4v) is 5.70. The molecule has 0 aliphatic heterocycles. The molecule has 0 heterocycles. The van der Waals surface area contributed by atoms with Gasteiger partial charge in [-0.1, -0.05) is 134 Å². The Morgan fingerprint density at radius 3 is 1.81 bits per heavy atom. The number of ether oxygens (including phenoxy) is 2. The maximum atomic E-state index is 12.6. The van der Waals surface area contributed by atoms with Crippen molar-refractivity contribution in [2.45, 2.75) is 155 Å². The topological polar surface area (TPSA) is 94.1 Å². The summed E-state index contributed by atoms with van der Waals surface area (Å²) in [5.74, 6) is -0.352. The number of unbranched alkanes of at least 4 members (excludes halogenated alkanes) is 15. The molecule has 8 nitrogen and oxygen atoms in total. The summed E-state index contributed by atoms with van der Waals surface area (Å²) in [6.45, 7) is 5.26. The van der Waals surface area contributed by atoms with E-state index < -0.39 is 13.9 Å². The first-order valence-corrected chi connectivity index (χ1v) is 20.7. The minimum Gasteiger partial charge on any atom is -0.756 e. The molecule has 2 atom stereocenters. The van der Waals surface area contributed by atoms with Crippen molar-refractivity contribution < 1.29 is 37.3 Å². The van der Waals surface area contributed by atoms with E-state index in [-0.39, 0.29) is 25.8 Å². The van der Waals surface area contributed by atoms with Gasteiger partial charge in [-0.25, -0.2) is 0 Å². The SMILES string of the molecule is CC/C=C\C/C=C\C/C=C\CCCCCCCC(=O)OC(COCCCCCCCCCCCCC)COP(=O)([O-])OCC[N+](C)(C)C. The van der Waals surface area contributed by atoms with Crippen LogP contribution in [0, 0.1) is 0 Å². The van der Waals surface area contributed by atoms with E-state index in [9.17, 15) is 14.3 Å². The van der Waals surface area contributed by atoms with Crippen molar-refractivity contribution in [3.05, 3.63) is 36.5 Å². The zero-order chi connectivity index (χ0) is 35.6. The van der Waals surface area contributed by atoms with Gasteiger partial charge in [0.2, 0.25) is 0 Å². The zero-order valence-electron chi connectivity index (χ0n) is 31.7. The Morgan fingerprint density at radius 2 is 1.21 bits per heavy atom. The minimum absolute atomic E-state index is 0.0227. The maximum absolute atomic E-state index is 12.6. The Balaban J connectivity index is 4.33. The number of hydrogen-bond acceptors (Lipinski definition) is 7. The van der Waals surface area contributed by atoms with E-state index >= 15 is 0 Å². The summed E-state index contributed by atoms with van der Waals surface area (Å²) in [6.07, 6.45) is 35.7. The lowest BCUT2D eigenvalue weighted by molar-refractivity contribution is -0.870. The van der Waals surface area contributed by atoms with Crippen molar-refractivity contribution in [1.29, 1.82) is 0 Å². The number of hydrogen-bond donors (Lipinski definition) is 0. The molecule has 0 rings (SSSR count). The number of likely N-dealkylation sites (N-methyl/N-ethyl adjacent to an activating group) is 1. The van der Waals surface area contributed by atoms with Crippen molar-refractivity contribution in [1.82, 2.24) is 0 Å². The molecule has 9 heteroatoms. The third-order valence-electron chi connectivity index (χ3n) is 7.96. The maximum Gasteiger partial charge on any atom is 0.306 e. The first-order valence-electron chi connectivity index (χ1n) is 19.2. The molecule has 0 radical (unpaired) electrons. The summed E-state index contributed by atoms with van der Waals surface area (Å²) in [5, 5.41) is 0.